The zero-order chi connectivity index (χ0) is 13.7. The normalized spacial score (nSPS) is 14.8. The van der Waals surface area contributed by atoms with Crippen molar-refractivity contribution in [1.29, 1.82) is 0 Å². The van der Waals surface area contributed by atoms with E-state index in [0.717, 1.165) is 12.8 Å². The Morgan fingerprint density at radius 1 is 1.47 bits per heavy atom. The first-order valence-corrected chi connectivity index (χ1v) is 6.58. The first-order chi connectivity index (χ1) is 9.22. The Morgan fingerprint density at radius 2 is 2.26 bits per heavy atom. The number of carboxylic acid groups (broad SMARTS) is 1. The van der Waals surface area contributed by atoms with Gasteiger partial charge in [0.25, 0.3) is 0 Å². The van der Waals surface area contributed by atoms with Gasteiger partial charge in [-0.2, -0.15) is 0 Å². The van der Waals surface area contributed by atoms with Gasteiger partial charge in [0.15, 0.2) is 0 Å². The average molecular weight is 257 g/mol. The lowest BCUT2D eigenvalue weighted by molar-refractivity contribution is -0.142. The SMILES string of the molecule is C=CCCCC(C(=O)O)N1C=Cc2ccccc2C1. The van der Waals surface area contributed by atoms with Crippen molar-refractivity contribution in [3.63, 3.8) is 0 Å². The van der Waals surface area contributed by atoms with E-state index < -0.39 is 12.0 Å². The summed E-state index contributed by atoms with van der Waals surface area (Å²) in [5, 5.41) is 9.37. The first-order valence-electron chi connectivity index (χ1n) is 6.58. The van der Waals surface area contributed by atoms with Gasteiger partial charge in [-0.15, -0.1) is 6.58 Å². The predicted octanol–water partition coefficient (Wildman–Crippen LogP) is 3.28. The van der Waals surface area contributed by atoms with E-state index in [1.165, 1.54) is 11.1 Å². The maximum atomic E-state index is 11.4. The number of hydrogen-bond donors (Lipinski definition) is 1. The Labute approximate surface area is 113 Å². The summed E-state index contributed by atoms with van der Waals surface area (Å²) < 4.78 is 0. The molecule has 0 saturated heterocycles. The number of hydrogen-bond acceptors (Lipinski definition) is 2. The van der Waals surface area contributed by atoms with Crippen LogP contribution in [0.5, 0.6) is 0 Å². The molecule has 0 radical (unpaired) electrons. The van der Waals surface area contributed by atoms with E-state index in [1.54, 1.807) is 0 Å². The van der Waals surface area contributed by atoms with Crippen molar-refractivity contribution in [1.82, 2.24) is 4.90 Å². The predicted molar refractivity (Wildman–Crippen MR) is 76.5 cm³/mol. The fourth-order valence-electron chi connectivity index (χ4n) is 2.37. The second-order valence-electron chi connectivity index (χ2n) is 4.76. The summed E-state index contributed by atoms with van der Waals surface area (Å²) in [6, 6.07) is 7.64. The largest absolute Gasteiger partial charge is 0.480 e. The van der Waals surface area contributed by atoms with Crippen LogP contribution in [0.4, 0.5) is 0 Å². The Kier molecular flexibility index (Phi) is 4.39. The van der Waals surface area contributed by atoms with Gasteiger partial charge in [-0.1, -0.05) is 30.3 Å². The lowest BCUT2D eigenvalue weighted by atomic mass is 10.0. The van der Waals surface area contributed by atoms with Crippen molar-refractivity contribution in [3.8, 4) is 0 Å². The smallest absolute Gasteiger partial charge is 0.326 e. The first kappa shape index (κ1) is 13.4. The molecule has 0 spiro atoms. The molecule has 0 aromatic heterocycles. The standard InChI is InChI=1S/C16H19NO2/c1-2-3-4-9-15(16(18)19)17-11-10-13-7-5-6-8-14(13)12-17/h2,5-8,10-11,15H,1,3-4,9,12H2,(H,18,19). The molecular weight excluding hydrogens is 238 g/mol. The number of allylic oxidation sites excluding steroid dienone is 1. The van der Waals surface area contributed by atoms with Gasteiger partial charge in [0.05, 0.1) is 0 Å². The van der Waals surface area contributed by atoms with Crippen molar-refractivity contribution >= 4 is 12.0 Å². The highest BCUT2D eigenvalue weighted by Crippen LogP contribution is 2.23. The lowest BCUT2D eigenvalue weighted by Crippen LogP contribution is -2.38. The number of carboxylic acids is 1. The van der Waals surface area contributed by atoms with Crippen LogP contribution < -0.4 is 0 Å². The van der Waals surface area contributed by atoms with Crippen LogP contribution in [0.1, 0.15) is 30.4 Å². The maximum absolute atomic E-state index is 11.4. The van der Waals surface area contributed by atoms with Crippen molar-refractivity contribution in [2.75, 3.05) is 0 Å². The van der Waals surface area contributed by atoms with E-state index >= 15 is 0 Å². The fraction of sp³-hybridized carbons (Fsp3) is 0.312. The van der Waals surface area contributed by atoms with Gasteiger partial charge in [0, 0.05) is 12.7 Å². The van der Waals surface area contributed by atoms with Gasteiger partial charge in [0.2, 0.25) is 0 Å². The molecule has 1 aliphatic heterocycles. The quantitative estimate of drug-likeness (QED) is 0.628. The van der Waals surface area contributed by atoms with Crippen LogP contribution in [0.3, 0.4) is 0 Å². The number of benzene rings is 1. The number of carbonyl (C=O) groups is 1. The minimum atomic E-state index is -0.756. The Morgan fingerprint density at radius 3 is 3.00 bits per heavy atom. The number of aliphatic carboxylic acids is 1. The molecule has 1 heterocycles. The third-order valence-electron chi connectivity index (χ3n) is 3.42. The lowest BCUT2D eigenvalue weighted by Gasteiger charge is -2.30. The van der Waals surface area contributed by atoms with Crippen LogP contribution in [0.25, 0.3) is 6.08 Å². The van der Waals surface area contributed by atoms with E-state index in [4.69, 9.17) is 0 Å². The van der Waals surface area contributed by atoms with Crippen LogP contribution in [0, 0.1) is 0 Å². The summed E-state index contributed by atoms with van der Waals surface area (Å²) in [7, 11) is 0. The molecule has 0 amide bonds. The molecule has 3 heteroatoms. The van der Waals surface area contributed by atoms with Gasteiger partial charge >= 0.3 is 5.97 Å². The maximum Gasteiger partial charge on any atom is 0.326 e. The minimum Gasteiger partial charge on any atom is -0.480 e. The summed E-state index contributed by atoms with van der Waals surface area (Å²) in [5.74, 6) is -0.756. The van der Waals surface area contributed by atoms with E-state index in [0.29, 0.717) is 13.0 Å². The van der Waals surface area contributed by atoms with Gasteiger partial charge < -0.3 is 10.0 Å². The molecule has 1 atom stereocenters. The molecule has 19 heavy (non-hydrogen) atoms. The molecule has 1 N–H and O–H groups in total. The molecule has 0 bridgehead atoms. The molecule has 3 nitrogen and oxygen atoms in total. The van der Waals surface area contributed by atoms with Gasteiger partial charge in [-0.25, -0.2) is 4.79 Å². The van der Waals surface area contributed by atoms with E-state index in [9.17, 15) is 9.90 Å². The van der Waals surface area contributed by atoms with Gasteiger partial charge in [-0.3, -0.25) is 0 Å². The van der Waals surface area contributed by atoms with Crippen LogP contribution >= 0.6 is 0 Å². The summed E-state index contributed by atoms with van der Waals surface area (Å²) in [4.78, 5) is 13.3. The molecule has 1 unspecified atom stereocenters. The number of unbranched alkanes of at least 4 members (excludes halogenated alkanes) is 1. The Bertz CT molecular complexity index is 493. The van der Waals surface area contributed by atoms with Crippen molar-refractivity contribution in [2.45, 2.75) is 31.8 Å². The summed E-state index contributed by atoms with van der Waals surface area (Å²) in [6.07, 6.45) is 8.08. The van der Waals surface area contributed by atoms with Crippen LogP contribution in [0.2, 0.25) is 0 Å². The second kappa shape index (κ2) is 6.23. The van der Waals surface area contributed by atoms with Crippen molar-refractivity contribution in [2.24, 2.45) is 0 Å². The van der Waals surface area contributed by atoms with Crippen LogP contribution in [-0.2, 0) is 11.3 Å². The van der Waals surface area contributed by atoms with Gasteiger partial charge in [0.1, 0.15) is 6.04 Å². The molecule has 1 aromatic carbocycles. The zero-order valence-electron chi connectivity index (χ0n) is 11.0. The Balaban J connectivity index is 2.08. The summed E-state index contributed by atoms with van der Waals surface area (Å²) in [5.41, 5.74) is 2.36. The molecule has 1 aromatic rings. The van der Waals surface area contributed by atoms with Gasteiger partial charge in [-0.05, 0) is 36.5 Å². The van der Waals surface area contributed by atoms with E-state index in [-0.39, 0.29) is 0 Å². The van der Waals surface area contributed by atoms with E-state index in [1.807, 2.05) is 35.4 Å². The number of rotatable bonds is 6. The summed E-state index contributed by atoms with van der Waals surface area (Å²) >= 11 is 0. The molecule has 100 valence electrons. The monoisotopic (exact) mass is 257 g/mol. The fourth-order valence-corrected chi connectivity index (χ4v) is 2.37. The summed E-state index contributed by atoms with van der Waals surface area (Å²) in [6.45, 7) is 4.33. The minimum absolute atomic E-state index is 0.454. The van der Waals surface area contributed by atoms with Crippen molar-refractivity contribution < 1.29 is 9.90 Å². The average Bonchev–Trinajstić information content (AvgIpc) is 2.43. The topological polar surface area (TPSA) is 40.5 Å². The molecule has 0 aliphatic carbocycles. The molecular formula is C16H19NO2. The van der Waals surface area contributed by atoms with Crippen LogP contribution in [-0.4, -0.2) is 22.0 Å². The van der Waals surface area contributed by atoms with Crippen LogP contribution in [0.15, 0.2) is 43.1 Å². The number of nitrogens with zero attached hydrogens (tertiary/aromatic N) is 1. The highest BCUT2D eigenvalue weighted by molar-refractivity contribution is 5.74. The number of fused-ring (bicyclic) bond motifs is 1. The third-order valence-corrected chi connectivity index (χ3v) is 3.42. The highest BCUT2D eigenvalue weighted by Gasteiger charge is 2.24. The zero-order valence-corrected chi connectivity index (χ0v) is 11.0. The molecule has 0 fully saturated rings. The second-order valence-corrected chi connectivity index (χ2v) is 4.76. The molecule has 2 rings (SSSR count). The molecule has 1 aliphatic rings. The molecule has 0 saturated carbocycles. The Hall–Kier alpha value is -2.03. The van der Waals surface area contributed by atoms with Crippen molar-refractivity contribution in [3.05, 3.63) is 54.2 Å². The van der Waals surface area contributed by atoms with E-state index in [2.05, 4.69) is 18.7 Å². The highest BCUT2D eigenvalue weighted by atomic mass is 16.4. The third kappa shape index (κ3) is 3.25.